The number of benzene rings is 1. The maximum Gasteiger partial charge on any atom is 0.150 e. The number of hydrogen-bond donors (Lipinski definition) is 1. The Morgan fingerprint density at radius 1 is 1.35 bits per heavy atom. The van der Waals surface area contributed by atoms with Gasteiger partial charge in [0, 0.05) is 12.7 Å². The van der Waals surface area contributed by atoms with Crippen LogP contribution < -0.4 is 15.4 Å². The van der Waals surface area contributed by atoms with Crippen LogP contribution in [0.3, 0.4) is 0 Å². The smallest absolute Gasteiger partial charge is 0.150 e. The molecule has 0 amide bonds. The van der Waals surface area contributed by atoms with Crippen LogP contribution >= 0.6 is 15.9 Å². The number of para-hydroxylation sites is 2. The molecule has 0 radical (unpaired) electrons. The molecule has 0 bridgehead atoms. The third kappa shape index (κ3) is 3.26. The van der Waals surface area contributed by atoms with Crippen LogP contribution in [0.1, 0.15) is 6.42 Å². The predicted molar refractivity (Wildman–Crippen MR) is 83.4 cm³/mol. The number of hydrogen-bond acceptors (Lipinski definition) is 5. The summed E-state index contributed by atoms with van der Waals surface area (Å²) in [5.74, 6) is 1.60. The van der Waals surface area contributed by atoms with E-state index in [-0.39, 0.29) is 0 Å². The van der Waals surface area contributed by atoms with E-state index < -0.39 is 0 Å². The van der Waals surface area contributed by atoms with E-state index in [1.807, 2.05) is 24.3 Å². The van der Waals surface area contributed by atoms with E-state index in [4.69, 9.17) is 10.5 Å². The third-order valence-electron chi connectivity index (χ3n) is 2.87. The highest BCUT2D eigenvalue weighted by atomic mass is 79.9. The van der Waals surface area contributed by atoms with Crippen molar-refractivity contribution >= 4 is 27.4 Å². The fourth-order valence-electron chi connectivity index (χ4n) is 1.95. The van der Waals surface area contributed by atoms with Gasteiger partial charge < -0.3 is 15.4 Å². The number of anilines is 2. The molecule has 0 aliphatic carbocycles. The maximum atomic E-state index is 5.64. The van der Waals surface area contributed by atoms with E-state index in [2.05, 4.69) is 30.8 Å². The molecule has 106 valence electrons. The van der Waals surface area contributed by atoms with Crippen LogP contribution in [0.25, 0.3) is 0 Å². The van der Waals surface area contributed by atoms with Gasteiger partial charge in [-0.25, -0.2) is 9.97 Å². The zero-order valence-corrected chi connectivity index (χ0v) is 12.9. The van der Waals surface area contributed by atoms with E-state index in [0.29, 0.717) is 6.54 Å². The van der Waals surface area contributed by atoms with Crippen LogP contribution in [0, 0.1) is 0 Å². The van der Waals surface area contributed by atoms with Crippen LogP contribution in [-0.4, -0.2) is 30.2 Å². The van der Waals surface area contributed by atoms with Gasteiger partial charge in [-0.3, -0.25) is 0 Å². The van der Waals surface area contributed by atoms with Crippen molar-refractivity contribution in [3.63, 3.8) is 0 Å². The first-order valence-corrected chi connectivity index (χ1v) is 7.13. The number of nitrogens with two attached hydrogens (primary N) is 1. The molecule has 0 saturated carbocycles. The largest absolute Gasteiger partial charge is 0.495 e. The minimum atomic E-state index is 0.619. The monoisotopic (exact) mass is 336 g/mol. The molecule has 1 heterocycles. The fourth-order valence-corrected chi connectivity index (χ4v) is 2.38. The Morgan fingerprint density at radius 2 is 2.15 bits per heavy atom. The lowest BCUT2D eigenvalue weighted by Gasteiger charge is -2.26. The molecule has 0 atom stereocenters. The fraction of sp³-hybridized carbons (Fsp3) is 0.286. The average molecular weight is 337 g/mol. The summed E-state index contributed by atoms with van der Waals surface area (Å²) < 4.78 is 6.27. The number of aromatic nitrogens is 2. The Bertz CT molecular complexity index is 564. The second kappa shape index (κ2) is 7.21. The van der Waals surface area contributed by atoms with E-state index >= 15 is 0 Å². The molecular formula is C14H17BrN4O. The molecule has 1 aromatic heterocycles. The third-order valence-corrected chi connectivity index (χ3v) is 3.43. The number of halogens is 1. The molecular weight excluding hydrogens is 320 g/mol. The molecule has 0 unspecified atom stereocenters. The van der Waals surface area contributed by atoms with Gasteiger partial charge in [-0.05, 0) is 41.0 Å². The number of methoxy groups -OCH3 is 1. The first-order chi connectivity index (χ1) is 9.77. The number of nitrogens with zero attached hydrogens (tertiary/aromatic N) is 3. The molecule has 2 N–H and O–H groups in total. The zero-order valence-electron chi connectivity index (χ0n) is 11.3. The average Bonchev–Trinajstić information content (AvgIpc) is 2.49. The molecule has 1 aromatic carbocycles. The minimum absolute atomic E-state index is 0.619. The minimum Gasteiger partial charge on any atom is -0.495 e. The summed E-state index contributed by atoms with van der Waals surface area (Å²) in [6.07, 6.45) is 4.12. The van der Waals surface area contributed by atoms with Gasteiger partial charge in [0.1, 0.15) is 12.1 Å². The second-order valence-electron chi connectivity index (χ2n) is 4.16. The van der Waals surface area contributed by atoms with Crippen molar-refractivity contribution in [2.24, 2.45) is 5.73 Å². The van der Waals surface area contributed by atoms with Crippen molar-refractivity contribution in [2.75, 3.05) is 25.1 Å². The van der Waals surface area contributed by atoms with Gasteiger partial charge in [-0.15, -0.1) is 0 Å². The SMILES string of the molecule is COc1ccccc1N(CCCN)c1ncncc1Br. The Labute approximate surface area is 126 Å². The van der Waals surface area contributed by atoms with Crippen molar-refractivity contribution in [1.82, 2.24) is 9.97 Å². The van der Waals surface area contributed by atoms with Crippen LogP contribution in [0.4, 0.5) is 11.5 Å². The second-order valence-corrected chi connectivity index (χ2v) is 5.01. The van der Waals surface area contributed by atoms with Gasteiger partial charge in [-0.2, -0.15) is 0 Å². The van der Waals surface area contributed by atoms with E-state index in [9.17, 15) is 0 Å². The highest BCUT2D eigenvalue weighted by Gasteiger charge is 2.17. The van der Waals surface area contributed by atoms with Crippen molar-refractivity contribution in [3.8, 4) is 5.75 Å². The van der Waals surface area contributed by atoms with Crippen molar-refractivity contribution < 1.29 is 4.74 Å². The lowest BCUT2D eigenvalue weighted by atomic mass is 10.2. The normalized spacial score (nSPS) is 10.3. The highest BCUT2D eigenvalue weighted by Crippen LogP contribution is 2.35. The molecule has 2 aromatic rings. The molecule has 0 fully saturated rings. The summed E-state index contributed by atoms with van der Waals surface area (Å²) in [4.78, 5) is 10.4. The van der Waals surface area contributed by atoms with Crippen molar-refractivity contribution in [1.29, 1.82) is 0 Å². The molecule has 2 rings (SSSR count). The summed E-state index contributed by atoms with van der Waals surface area (Å²) in [5.41, 5.74) is 6.60. The Kier molecular flexibility index (Phi) is 5.31. The van der Waals surface area contributed by atoms with Crippen molar-refractivity contribution in [3.05, 3.63) is 41.3 Å². The number of ether oxygens (including phenoxy) is 1. The van der Waals surface area contributed by atoms with Gasteiger partial charge >= 0.3 is 0 Å². The molecule has 5 nitrogen and oxygen atoms in total. The Hall–Kier alpha value is -1.66. The molecule has 0 aliphatic heterocycles. The maximum absolute atomic E-state index is 5.64. The predicted octanol–water partition coefficient (Wildman–Crippen LogP) is 2.73. The molecule has 20 heavy (non-hydrogen) atoms. The molecule has 0 aliphatic rings. The number of rotatable bonds is 6. The lowest BCUT2D eigenvalue weighted by Crippen LogP contribution is -2.23. The zero-order chi connectivity index (χ0) is 14.4. The van der Waals surface area contributed by atoms with Gasteiger partial charge in [0.25, 0.3) is 0 Å². The summed E-state index contributed by atoms with van der Waals surface area (Å²) in [6, 6.07) is 7.85. The summed E-state index contributed by atoms with van der Waals surface area (Å²) in [5, 5.41) is 0. The lowest BCUT2D eigenvalue weighted by molar-refractivity contribution is 0.415. The van der Waals surface area contributed by atoms with E-state index in [1.165, 1.54) is 6.33 Å². The van der Waals surface area contributed by atoms with E-state index in [1.54, 1.807) is 13.3 Å². The van der Waals surface area contributed by atoms with Gasteiger partial charge in [-0.1, -0.05) is 12.1 Å². The van der Waals surface area contributed by atoms with Gasteiger partial charge in [0.15, 0.2) is 5.82 Å². The van der Waals surface area contributed by atoms with Gasteiger partial charge in [0.05, 0.1) is 17.3 Å². The summed E-state index contributed by atoms with van der Waals surface area (Å²) in [7, 11) is 1.66. The molecule has 0 saturated heterocycles. The highest BCUT2D eigenvalue weighted by molar-refractivity contribution is 9.10. The summed E-state index contributed by atoms with van der Waals surface area (Å²) in [6.45, 7) is 1.38. The first kappa shape index (κ1) is 14.7. The van der Waals surface area contributed by atoms with Crippen LogP contribution in [-0.2, 0) is 0 Å². The Balaban J connectivity index is 2.44. The Morgan fingerprint density at radius 3 is 2.85 bits per heavy atom. The van der Waals surface area contributed by atoms with Crippen molar-refractivity contribution in [2.45, 2.75) is 6.42 Å². The quantitative estimate of drug-likeness (QED) is 0.878. The van der Waals surface area contributed by atoms with E-state index in [0.717, 1.165) is 34.7 Å². The first-order valence-electron chi connectivity index (χ1n) is 6.34. The summed E-state index contributed by atoms with van der Waals surface area (Å²) >= 11 is 3.49. The molecule has 6 heteroatoms. The standard InChI is InChI=1S/C14H17BrN4O/c1-20-13-6-3-2-5-12(13)19(8-4-7-16)14-11(15)9-17-10-18-14/h2-3,5-6,9-10H,4,7-8,16H2,1H3. The van der Waals surface area contributed by atoms with Crippen LogP contribution in [0.2, 0.25) is 0 Å². The topological polar surface area (TPSA) is 64.3 Å². The van der Waals surface area contributed by atoms with Crippen LogP contribution in [0.15, 0.2) is 41.3 Å². The molecule has 0 spiro atoms. The van der Waals surface area contributed by atoms with Gasteiger partial charge in [0.2, 0.25) is 0 Å². The van der Waals surface area contributed by atoms with Crippen LogP contribution in [0.5, 0.6) is 5.75 Å².